The van der Waals surface area contributed by atoms with Crippen LogP contribution in [-0.2, 0) is 9.53 Å². The Balaban J connectivity index is 2.00. The van der Waals surface area contributed by atoms with Gasteiger partial charge in [-0.1, -0.05) is 31.0 Å². The van der Waals surface area contributed by atoms with E-state index >= 15 is 0 Å². The van der Waals surface area contributed by atoms with Crippen LogP contribution < -0.4 is 15.8 Å². The van der Waals surface area contributed by atoms with Gasteiger partial charge in [0.25, 0.3) is 5.91 Å². The number of hydrogen-bond donors (Lipinski definition) is 6. The van der Waals surface area contributed by atoms with Crippen molar-refractivity contribution in [2.75, 3.05) is 19.7 Å². The van der Waals surface area contributed by atoms with E-state index < -0.39 is 49.4 Å². The number of carbonyl (C=O) groups excluding carboxylic acids is 1. The van der Waals surface area contributed by atoms with Gasteiger partial charge >= 0.3 is 0 Å². The lowest BCUT2D eigenvalue weighted by atomic mass is 9.99. The van der Waals surface area contributed by atoms with Gasteiger partial charge in [0, 0.05) is 12.1 Å². The number of rotatable bonds is 11. The third-order valence-corrected chi connectivity index (χ3v) is 4.94. The molecule has 170 valence electrons. The highest BCUT2D eigenvalue weighted by atomic mass is 19.1. The minimum absolute atomic E-state index is 0.0626. The molecule has 1 aromatic carbocycles. The fraction of sp³-hybridized carbons (Fsp3) is 0.650. The highest BCUT2D eigenvalue weighted by Gasteiger charge is 2.45. The molecule has 9 nitrogen and oxygen atoms in total. The second-order valence-electron chi connectivity index (χ2n) is 7.21. The number of aliphatic hydroxyl groups excluding tert-OH is 4. The summed E-state index contributed by atoms with van der Waals surface area (Å²) >= 11 is 0. The molecule has 1 aliphatic rings. The molecule has 1 saturated heterocycles. The summed E-state index contributed by atoms with van der Waals surface area (Å²) in [6.07, 6.45) is -6.02. The van der Waals surface area contributed by atoms with Gasteiger partial charge in [-0.2, -0.15) is 0 Å². The van der Waals surface area contributed by atoms with E-state index in [0.717, 1.165) is 19.3 Å². The average molecular weight is 430 g/mol. The van der Waals surface area contributed by atoms with Crippen LogP contribution >= 0.6 is 0 Å². The Morgan fingerprint density at radius 1 is 1.13 bits per heavy atom. The second kappa shape index (κ2) is 12.1. The van der Waals surface area contributed by atoms with E-state index in [-0.39, 0.29) is 11.3 Å². The molecule has 30 heavy (non-hydrogen) atoms. The highest BCUT2D eigenvalue weighted by molar-refractivity contribution is 5.82. The van der Waals surface area contributed by atoms with Gasteiger partial charge in [0.2, 0.25) is 12.5 Å². The lowest BCUT2D eigenvalue weighted by Gasteiger charge is -2.39. The quantitative estimate of drug-likeness (QED) is 0.257. The Bertz CT molecular complexity index is 664. The molecule has 0 aliphatic carbocycles. The molecule has 6 unspecified atom stereocenters. The molecule has 10 heteroatoms. The number of alkyl halides is 1. The molecule has 0 aromatic heterocycles. The van der Waals surface area contributed by atoms with Gasteiger partial charge in [0.15, 0.2) is 0 Å². The summed E-state index contributed by atoms with van der Waals surface area (Å²) in [5, 5.41) is 41.6. The molecule has 1 aliphatic heterocycles. The Hall–Kier alpha value is -1.82. The first-order chi connectivity index (χ1) is 14.4. The standard InChI is InChI=1S/C20H31FN2O7/c21-15(19(28)23-10-6-2-1-5-9-22)12-7-3-4-8-13(12)29-20-18(27)17(26)16(25)14(11-24)30-20/h3-4,7-8,14-18,20,24-27H,1-2,5-6,9-11,22H2,(H,23,28). The van der Waals surface area contributed by atoms with E-state index in [1.54, 1.807) is 6.07 Å². The van der Waals surface area contributed by atoms with Crippen LogP contribution in [-0.4, -0.2) is 76.7 Å². The van der Waals surface area contributed by atoms with Crippen LogP contribution in [0.25, 0.3) is 0 Å². The van der Waals surface area contributed by atoms with E-state index in [1.165, 1.54) is 18.2 Å². The van der Waals surface area contributed by atoms with Crippen molar-refractivity contribution in [2.45, 2.75) is 62.6 Å². The number of amides is 1. The number of para-hydroxylation sites is 1. The summed E-state index contributed by atoms with van der Waals surface area (Å²) in [5.41, 5.74) is 5.35. The van der Waals surface area contributed by atoms with Gasteiger partial charge in [-0.3, -0.25) is 4.79 Å². The summed E-state index contributed by atoms with van der Waals surface area (Å²) in [6.45, 7) is 0.329. The van der Waals surface area contributed by atoms with Gasteiger partial charge in [0.05, 0.1) is 6.61 Å². The van der Waals surface area contributed by atoms with Crippen molar-refractivity contribution >= 4 is 5.91 Å². The van der Waals surface area contributed by atoms with Crippen molar-refractivity contribution in [1.29, 1.82) is 0 Å². The highest BCUT2D eigenvalue weighted by Crippen LogP contribution is 2.31. The van der Waals surface area contributed by atoms with E-state index in [1.807, 2.05) is 0 Å². The topological polar surface area (TPSA) is 154 Å². The van der Waals surface area contributed by atoms with Crippen LogP contribution in [0.3, 0.4) is 0 Å². The number of nitrogens with two attached hydrogens (primary N) is 1. The number of unbranched alkanes of at least 4 members (excludes halogenated alkanes) is 3. The zero-order valence-corrected chi connectivity index (χ0v) is 16.7. The van der Waals surface area contributed by atoms with Gasteiger partial charge in [-0.15, -0.1) is 0 Å². The summed E-state index contributed by atoms with van der Waals surface area (Å²) in [6, 6.07) is 5.83. The molecule has 0 saturated carbocycles. The predicted octanol–water partition coefficient (Wildman–Crippen LogP) is -0.489. The fourth-order valence-corrected chi connectivity index (χ4v) is 3.15. The Morgan fingerprint density at radius 3 is 2.53 bits per heavy atom. The van der Waals surface area contributed by atoms with Crippen molar-refractivity contribution in [1.82, 2.24) is 5.32 Å². The van der Waals surface area contributed by atoms with Crippen LogP contribution in [0.2, 0.25) is 0 Å². The minimum Gasteiger partial charge on any atom is -0.462 e. The molecule has 0 bridgehead atoms. The van der Waals surface area contributed by atoms with Crippen LogP contribution in [0.5, 0.6) is 5.75 Å². The van der Waals surface area contributed by atoms with Crippen molar-refractivity contribution in [3.05, 3.63) is 29.8 Å². The van der Waals surface area contributed by atoms with Crippen LogP contribution in [0.1, 0.15) is 37.4 Å². The first-order valence-corrected chi connectivity index (χ1v) is 10.1. The molecule has 1 amide bonds. The molecule has 1 heterocycles. The third kappa shape index (κ3) is 6.34. The molecule has 0 radical (unpaired) electrons. The van der Waals surface area contributed by atoms with E-state index in [2.05, 4.69) is 5.32 Å². The Kier molecular flexibility index (Phi) is 9.89. The average Bonchev–Trinajstić information content (AvgIpc) is 2.76. The second-order valence-corrected chi connectivity index (χ2v) is 7.21. The third-order valence-electron chi connectivity index (χ3n) is 4.94. The normalized spacial score (nSPS) is 27.5. The number of aliphatic hydroxyl groups is 4. The maximum absolute atomic E-state index is 14.8. The number of carbonyl (C=O) groups is 1. The monoisotopic (exact) mass is 430 g/mol. The van der Waals surface area contributed by atoms with Crippen LogP contribution in [0.15, 0.2) is 24.3 Å². The van der Waals surface area contributed by atoms with Gasteiger partial charge in [-0.05, 0) is 25.5 Å². The number of nitrogens with one attached hydrogen (secondary N) is 1. The van der Waals surface area contributed by atoms with E-state index in [4.69, 9.17) is 15.2 Å². The molecule has 1 aromatic rings. The van der Waals surface area contributed by atoms with Gasteiger partial charge in [0.1, 0.15) is 30.2 Å². The van der Waals surface area contributed by atoms with Crippen molar-refractivity contribution in [2.24, 2.45) is 5.73 Å². The number of ether oxygens (including phenoxy) is 2. The molecule has 2 rings (SSSR count). The predicted molar refractivity (Wildman–Crippen MR) is 105 cm³/mol. The first-order valence-electron chi connectivity index (χ1n) is 10.1. The zero-order valence-electron chi connectivity index (χ0n) is 16.7. The lowest BCUT2D eigenvalue weighted by Crippen LogP contribution is -2.60. The lowest BCUT2D eigenvalue weighted by molar-refractivity contribution is -0.277. The van der Waals surface area contributed by atoms with Gasteiger partial charge < -0.3 is 41.0 Å². The van der Waals surface area contributed by atoms with E-state index in [0.29, 0.717) is 19.5 Å². The maximum Gasteiger partial charge on any atom is 0.259 e. The largest absolute Gasteiger partial charge is 0.462 e. The summed E-state index contributed by atoms with van der Waals surface area (Å²) in [4.78, 5) is 12.2. The molecular formula is C20H31FN2O7. The Labute approximate surface area is 174 Å². The molecular weight excluding hydrogens is 399 g/mol. The van der Waals surface area contributed by atoms with Gasteiger partial charge in [-0.25, -0.2) is 4.39 Å². The smallest absolute Gasteiger partial charge is 0.259 e. The van der Waals surface area contributed by atoms with Crippen LogP contribution in [0.4, 0.5) is 4.39 Å². The Morgan fingerprint density at radius 2 is 1.83 bits per heavy atom. The number of benzene rings is 1. The molecule has 0 spiro atoms. The van der Waals surface area contributed by atoms with Crippen LogP contribution in [0, 0.1) is 0 Å². The molecule has 7 N–H and O–H groups in total. The fourth-order valence-electron chi connectivity index (χ4n) is 3.15. The molecule has 1 fully saturated rings. The maximum atomic E-state index is 14.8. The first kappa shape index (κ1) is 24.4. The van der Waals surface area contributed by atoms with Crippen molar-refractivity contribution in [3.8, 4) is 5.75 Å². The summed E-state index contributed by atoms with van der Waals surface area (Å²) < 4.78 is 25.6. The zero-order chi connectivity index (χ0) is 22.1. The summed E-state index contributed by atoms with van der Waals surface area (Å²) in [7, 11) is 0. The molecule has 6 atom stereocenters. The number of hydrogen-bond acceptors (Lipinski definition) is 8. The SMILES string of the molecule is NCCCCCCNC(=O)C(F)c1ccccc1OC1OC(CO)C(O)C(O)C1O. The van der Waals surface area contributed by atoms with Crippen molar-refractivity contribution < 1.29 is 39.1 Å². The van der Waals surface area contributed by atoms with E-state index in [9.17, 15) is 29.6 Å². The summed E-state index contributed by atoms with van der Waals surface area (Å²) in [5.74, 6) is -0.883. The number of halogens is 1. The minimum atomic E-state index is -2.02. The van der Waals surface area contributed by atoms with Crippen molar-refractivity contribution in [3.63, 3.8) is 0 Å².